The zero-order chi connectivity index (χ0) is 21.7. The molecule has 0 saturated carbocycles. The first-order chi connectivity index (χ1) is 13.6. The van der Waals surface area contributed by atoms with E-state index >= 15 is 0 Å². The number of nitrogens with zero attached hydrogens (tertiary/aromatic N) is 3. The third-order valence-electron chi connectivity index (χ3n) is 4.09. The number of dihydropyridines is 1. The first kappa shape index (κ1) is 22.5. The Labute approximate surface area is 164 Å². The first-order valence-corrected chi connectivity index (χ1v) is 8.20. The van der Waals surface area contributed by atoms with Crippen LogP contribution in [0.15, 0.2) is 46.9 Å². The van der Waals surface area contributed by atoms with Crippen molar-refractivity contribution in [1.82, 2.24) is 15.9 Å². The number of hydroxylamine groups is 2. The highest BCUT2D eigenvalue weighted by Crippen LogP contribution is 2.40. The molecule has 0 amide bonds. The number of hydrogen-bond acceptors (Lipinski definition) is 13. The Bertz CT molecular complexity index is 807. The predicted octanol–water partition coefficient (Wildman–Crippen LogP) is 1.43. The number of carbonyl (C=O) groups excluding carboxylic acids is 1. The fraction of sp³-hybridized carbons (Fsp3) is 0.312. The summed E-state index contributed by atoms with van der Waals surface area (Å²) in [5, 5.41) is 61.7. The topological polar surface area (TPSA) is 187 Å². The molecule has 0 fully saturated rings. The lowest BCUT2D eigenvalue weighted by atomic mass is 9.84. The van der Waals surface area contributed by atoms with E-state index in [0.29, 0.717) is 5.70 Å². The van der Waals surface area contributed by atoms with Crippen LogP contribution >= 0.6 is 0 Å². The van der Waals surface area contributed by atoms with Gasteiger partial charge in [0.05, 0.1) is 22.9 Å². The molecule has 0 aliphatic carbocycles. The summed E-state index contributed by atoms with van der Waals surface area (Å²) in [5.74, 6) is -2.04. The average Bonchev–Trinajstić information content (AvgIpc) is 2.64. The second-order valence-electron chi connectivity index (χ2n) is 5.95. The standard InChI is InChI=1S/C16H19N4O9/c1-9-13(16(21)28-6-7-29-20(26)27)14(15(19(24)25)10(2)17-9)11-4-3-5-12(8-11)18(22)23/h3-5,8,14,17,22,24,26H,6-7H2,1-2H3/q-3. The lowest BCUT2D eigenvalue weighted by Gasteiger charge is -2.38. The highest BCUT2D eigenvalue weighted by Gasteiger charge is 2.35. The monoisotopic (exact) mass is 411 g/mol. The molecule has 0 saturated heterocycles. The molecule has 4 N–H and O–H groups in total. The molecule has 29 heavy (non-hydrogen) atoms. The second-order valence-corrected chi connectivity index (χ2v) is 5.95. The fourth-order valence-corrected chi connectivity index (χ4v) is 2.98. The minimum atomic E-state index is -1.14. The molecule has 1 atom stereocenters. The van der Waals surface area contributed by atoms with E-state index in [-0.39, 0.29) is 33.4 Å². The Morgan fingerprint density at radius 2 is 1.79 bits per heavy atom. The summed E-state index contributed by atoms with van der Waals surface area (Å²) in [6, 6.07) is 5.45. The van der Waals surface area contributed by atoms with Crippen LogP contribution in [0.5, 0.6) is 0 Å². The molecule has 1 heterocycles. The van der Waals surface area contributed by atoms with Gasteiger partial charge in [-0.15, -0.1) is 5.39 Å². The molecule has 0 aromatic heterocycles. The van der Waals surface area contributed by atoms with Crippen LogP contribution in [0, 0.1) is 15.6 Å². The Morgan fingerprint density at radius 3 is 2.38 bits per heavy atom. The van der Waals surface area contributed by atoms with Crippen LogP contribution in [0.1, 0.15) is 25.3 Å². The van der Waals surface area contributed by atoms with Gasteiger partial charge in [-0.05, 0) is 31.5 Å². The van der Waals surface area contributed by atoms with Gasteiger partial charge in [-0.25, -0.2) is 4.79 Å². The van der Waals surface area contributed by atoms with E-state index in [0.717, 1.165) is 0 Å². The summed E-state index contributed by atoms with van der Waals surface area (Å²) < 4.78 is 5.01. The summed E-state index contributed by atoms with van der Waals surface area (Å²) in [6.45, 7) is 2.21. The van der Waals surface area contributed by atoms with E-state index in [1.54, 1.807) is 0 Å². The molecule has 1 aromatic rings. The second kappa shape index (κ2) is 9.64. The zero-order valence-electron chi connectivity index (χ0n) is 15.4. The summed E-state index contributed by atoms with van der Waals surface area (Å²) in [5.41, 5.74) is 0.353. The summed E-state index contributed by atoms with van der Waals surface area (Å²) in [7, 11) is 0. The van der Waals surface area contributed by atoms with Crippen molar-refractivity contribution >= 4 is 11.7 Å². The van der Waals surface area contributed by atoms with E-state index < -0.39 is 35.7 Å². The van der Waals surface area contributed by atoms with Crippen molar-refractivity contribution in [1.29, 1.82) is 0 Å². The van der Waals surface area contributed by atoms with Crippen molar-refractivity contribution in [2.75, 3.05) is 18.4 Å². The number of allylic oxidation sites excluding steroid dienone is 3. The third-order valence-corrected chi connectivity index (χ3v) is 4.09. The van der Waals surface area contributed by atoms with Gasteiger partial charge in [0.1, 0.15) is 13.2 Å². The Morgan fingerprint density at radius 1 is 1.10 bits per heavy atom. The fourth-order valence-electron chi connectivity index (χ4n) is 2.98. The number of ether oxygens (including phenoxy) is 1. The number of nitrogens with one attached hydrogen (secondary N) is 1. The van der Waals surface area contributed by atoms with Crippen molar-refractivity contribution < 1.29 is 30.0 Å². The third kappa shape index (κ3) is 5.41. The average molecular weight is 411 g/mol. The molecule has 2 rings (SSSR count). The highest BCUT2D eigenvalue weighted by molar-refractivity contribution is 5.92. The maximum Gasteiger partial charge on any atom is 0.336 e. The minimum absolute atomic E-state index is 0.0592. The summed E-state index contributed by atoms with van der Waals surface area (Å²) >= 11 is 0. The Balaban J connectivity index is 2.42. The molecule has 0 radical (unpaired) electrons. The van der Waals surface area contributed by atoms with Crippen LogP contribution in [-0.2, 0) is 14.4 Å². The van der Waals surface area contributed by atoms with Gasteiger partial charge in [-0.2, -0.15) is 0 Å². The maximum absolute atomic E-state index is 12.7. The van der Waals surface area contributed by atoms with Crippen molar-refractivity contribution in [3.8, 4) is 0 Å². The van der Waals surface area contributed by atoms with Gasteiger partial charge in [0.15, 0.2) is 0 Å². The molecular weight excluding hydrogens is 392 g/mol. The molecule has 1 unspecified atom stereocenters. The van der Waals surface area contributed by atoms with Gasteiger partial charge in [-0.1, -0.05) is 12.1 Å². The van der Waals surface area contributed by atoms with E-state index in [9.17, 15) is 25.6 Å². The van der Waals surface area contributed by atoms with Gasteiger partial charge in [-0.3, -0.25) is 15.3 Å². The summed E-state index contributed by atoms with van der Waals surface area (Å²) in [6.07, 6.45) is 0. The van der Waals surface area contributed by atoms with Crippen molar-refractivity contribution in [3.05, 3.63) is 68.1 Å². The quantitative estimate of drug-likeness (QED) is 0.273. The molecule has 1 aliphatic rings. The molecule has 0 spiro atoms. The first-order valence-electron chi connectivity index (χ1n) is 8.20. The van der Waals surface area contributed by atoms with E-state index in [1.807, 2.05) is 0 Å². The van der Waals surface area contributed by atoms with E-state index in [1.165, 1.54) is 38.1 Å². The van der Waals surface area contributed by atoms with Crippen LogP contribution in [0.2, 0.25) is 0 Å². The van der Waals surface area contributed by atoms with Crippen LogP contribution < -0.4 is 10.5 Å². The van der Waals surface area contributed by atoms with E-state index in [2.05, 4.69) is 10.2 Å². The van der Waals surface area contributed by atoms with Crippen molar-refractivity contribution in [2.24, 2.45) is 0 Å². The molecular formula is C16H19N4O9-3. The molecule has 0 bridgehead atoms. The summed E-state index contributed by atoms with van der Waals surface area (Å²) in [4.78, 5) is 16.8. The number of hydrogen-bond donors (Lipinski definition) is 4. The molecule has 13 heteroatoms. The van der Waals surface area contributed by atoms with E-state index in [4.69, 9.17) is 15.2 Å². The zero-order valence-corrected chi connectivity index (χ0v) is 15.4. The molecule has 160 valence electrons. The predicted molar refractivity (Wildman–Crippen MR) is 96.2 cm³/mol. The largest absolute Gasteiger partial charge is 0.738 e. The molecule has 13 nitrogen and oxygen atoms in total. The van der Waals surface area contributed by atoms with Crippen LogP contribution in [0.25, 0.3) is 0 Å². The number of anilines is 1. The number of benzene rings is 1. The van der Waals surface area contributed by atoms with Gasteiger partial charge in [0.2, 0.25) is 0 Å². The molecule has 1 aliphatic heterocycles. The SMILES string of the molecule is CC1=C(C(=O)OCCON([O-])O)C(c2cccc(N([O-])O)c2)C(N([O-])O)=C(C)N1. The highest BCUT2D eigenvalue weighted by atomic mass is 17.1. The van der Waals surface area contributed by atoms with Gasteiger partial charge >= 0.3 is 5.97 Å². The number of rotatable bonds is 8. The van der Waals surface area contributed by atoms with Gasteiger partial charge < -0.3 is 41.3 Å². The normalized spacial score (nSPS) is 16.8. The smallest absolute Gasteiger partial charge is 0.336 e. The molecule has 1 aromatic carbocycles. The van der Waals surface area contributed by atoms with Gasteiger partial charge in [0, 0.05) is 11.4 Å². The lowest BCUT2D eigenvalue weighted by Crippen LogP contribution is -2.34. The minimum Gasteiger partial charge on any atom is -0.738 e. The van der Waals surface area contributed by atoms with Crippen molar-refractivity contribution in [3.63, 3.8) is 0 Å². The Kier molecular flexibility index (Phi) is 7.49. The Hall–Kier alpha value is -2.75. The van der Waals surface area contributed by atoms with Crippen LogP contribution in [0.4, 0.5) is 5.69 Å². The van der Waals surface area contributed by atoms with Gasteiger partial charge in [0.25, 0.3) is 0 Å². The maximum atomic E-state index is 12.7. The lowest BCUT2D eigenvalue weighted by molar-refractivity contribution is -0.307. The number of carbonyl (C=O) groups is 1. The van der Waals surface area contributed by atoms with Crippen LogP contribution in [0.3, 0.4) is 0 Å². The number of esters is 1. The van der Waals surface area contributed by atoms with Crippen LogP contribution in [-0.4, -0.2) is 45.4 Å². The van der Waals surface area contributed by atoms with Crippen molar-refractivity contribution in [2.45, 2.75) is 19.8 Å².